The van der Waals surface area contributed by atoms with E-state index in [0.29, 0.717) is 21.7 Å². The fourth-order valence-corrected chi connectivity index (χ4v) is 5.44. The molecule has 1 amide bonds. The first kappa shape index (κ1) is 23.4. The van der Waals surface area contributed by atoms with E-state index in [1.807, 2.05) is 19.1 Å². The number of sulfonamides is 1. The first-order valence-electron chi connectivity index (χ1n) is 9.80. The van der Waals surface area contributed by atoms with Gasteiger partial charge in [-0.2, -0.15) is 12.8 Å². The molecule has 0 spiro atoms. The molecule has 170 valence electrons. The van der Waals surface area contributed by atoms with E-state index in [1.165, 1.54) is 42.1 Å². The molecule has 0 saturated carbocycles. The standard InChI is InChI=1S/C22H18Cl2N4O3S2/c1-13(14-2-4-15(23)5-3-14)11-26-21(29)17-7-6-16(24)10-19(17)28-33(30,31)22-18-12-27-32-20(18)8-9-25-22/h2-10,12-13,28H,11H2,1H3,(H,26,29). The topological polar surface area (TPSA) is 101 Å². The lowest BCUT2D eigenvalue weighted by Crippen LogP contribution is -2.28. The second kappa shape index (κ2) is 9.64. The number of nitrogens with zero attached hydrogens (tertiary/aromatic N) is 2. The van der Waals surface area contributed by atoms with E-state index in [2.05, 4.69) is 19.4 Å². The molecule has 0 aliphatic carbocycles. The molecule has 0 radical (unpaired) electrons. The Morgan fingerprint density at radius 2 is 1.82 bits per heavy atom. The molecule has 33 heavy (non-hydrogen) atoms. The minimum Gasteiger partial charge on any atom is -0.351 e. The maximum absolute atomic E-state index is 13.1. The Kier molecular flexibility index (Phi) is 6.85. The van der Waals surface area contributed by atoms with E-state index in [4.69, 9.17) is 23.2 Å². The Labute approximate surface area is 205 Å². The summed E-state index contributed by atoms with van der Waals surface area (Å²) in [5.41, 5.74) is 1.21. The van der Waals surface area contributed by atoms with Crippen LogP contribution in [0.3, 0.4) is 0 Å². The van der Waals surface area contributed by atoms with Crippen LogP contribution in [0.1, 0.15) is 28.8 Å². The number of benzene rings is 2. The number of hydrogen-bond donors (Lipinski definition) is 2. The number of carbonyl (C=O) groups is 1. The van der Waals surface area contributed by atoms with E-state index < -0.39 is 15.9 Å². The van der Waals surface area contributed by atoms with Crippen LogP contribution in [0.4, 0.5) is 5.69 Å². The third-order valence-corrected chi connectivity index (χ3v) is 7.55. The van der Waals surface area contributed by atoms with E-state index in [1.54, 1.807) is 18.2 Å². The van der Waals surface area contributed by atoms with Crippen molar-refractivity contribution in [2.24, 2.45) is 0 Å². The predicted molar refractivity (Wildman–Crippen MR) is 132 cm³/mol. The summed E-state index contributed by atoms with van der Waals surface area (Å²) in [5.74, 6) is -0.417. The molecule has 2 aromatic heterocycles. The minimum absolute atomic E-state index is 0.0200. The van der Waals surface area contributed by atoms with Gasteiger partial charge in [-0.15, -0.1) is 0 Å². The summed E-state index contributed by atoms with van der Waals surface area (Å²) in [4.78, 5) is 16.9. The van der Waals surface area contributed by atoms with Crippen molar-refractivity contribution in [3.63, 3.8) is 0 Å². The van der Waals surface area contributed by atoms with Crippen molar-refractivity contribution in [2.75, 3.05) is 11.3 Å². The molecular weight excluding hydrogens is 503 g/mol. The van der Waals surface area contributed by atoms with Crippen molar-refractivity contribution in [2.45, 2.75) is 17.9 Å². The van der Waals surface area contributed by atoms with Gasteiger partial charge in [0.15, 0.2) is 5.03 Å². The molecule has 7 nitrogen and oxygen atoms in total. The van der Waals surface area contributed by atoms with Crippen molar-refractivity contribution in [1.82, 2.24) is 14.7 Å². The smallest absolute Gasteiger partial charge is 0.280 e. The number of aromatic nitrogens is 2. The van der Waals surface area contributed by atoms with Crippen LogP contribution in [0.15, 0.2) is 66.0 Å². The zero-order chi connectivity index (χ0) is 23.6. The molecule has 0 aliphatic rings. The highest BCUT2D eigenvalue weighted by molar-refractivity contribution is 7.92. The Bertz CT molecular complexity index is 1420. The molecule has 4 aromatic rings. The summed E-state index contributed by atoms with van der Waals surface area (Å²) in [7, 11) is -4.11. The van der Waals surface area contributed by atoms with Crippen molar-refractivity contribution in [1.29, 1.82) is 0 Å². The average Bonchev–Trinajstić information content (AvgIpc) is 3.26. The van der Waals surface area contributed by atoms with Crippen molar-refractivity contribution < 1.29 is 13.2 Å². The zero-order valence-corrected chi connectivity index (χ0v) is 20.4. The lowest BCUT2D eigenvalue weighted by molar-refractivity contribution is 0.0952. The van der Waals surface area contributed by atoms with Crippen LogP contribution in [-0.4, -0.2) is 30.2 Å². The molecule has 1 unspecified atom stereocenters. The summed E-state index contributed by atoms with van der Waals surface area (Å²) >= 11 is 13.2. The summed E-state index contributed by atoms with van der Waals surface area (Å²) < 4.78 is 33.4. The Hall–Kier alpha value is -2.72. The number of anilines is 1. The van der Waals surface area contributed by atoms with Crippen molar-refractivity contribution >= 4 is 66.4 Å². The minimum atomic E-state index is -4.11. The van der Waals surface area contributed by atoms with Gasteiger partial charge in [0.05, 0.1) is 27.5 Å². The molecule has 0 bridgehead atoms. The number of pyridine rings is 1. The third-order valence-electron chi connectivity index (χ3n) is 4.98. The molecule has 2 N–H and O–H groups in total. The van der Waals surface area contributed by atoms with Gasteiger partial charge in [0.25, 0.3) is 15.9 Å². The molecule has 2 aromatic carbocycles. The number of carbonyl (C=O) groups excluding carboxylic acids is 1. The number of fused-ring (bicyclic) bond motifs is 1. The maximum Gasteiger partial charge on any atom is 0.280 e. The van der Waals surface area contributed by atoms with Gasteiger partial charge in [-0.1, -0.05) is 42.3 Å². The lowest BCUT2D eigenvalue weighted by atomic mass is 10.0. The SMILES string of the molecule is CC(CNC(=O)c1ccc(Cl)cc1NS(=O)(=O)c1nccc2sncc12)c1ccc(Cl)cc1. The molecule has 11 heteroatoms. The summed E-state index contributed by atoms with van der Waals surface area (Å²) in [5, 5.41) is 4.00. The van der Waals surface area contributed by atoms with Gasteiger partial charge in [0.1, 0.15) is 0 Å². The molecule has 0 saturated heterocycles. The second-order valence-corrected chi connectivity index (χ2v) is 10.6. The van der Waals surface area contributed by atoms with Crippen LogP contribution in [0, 0.1) is 0 Å². The second-order valence-electron chi connectivity index (χ2n) is 7.31. The van der Waals surface area contributed by atoms with Gasteiger partial charge >= 0.3 is 0 Å². The lowest BCUT2D eigenvalue weighted by Gasteiger charge is -2.16. The first-order valence-corrected chi connectivity index (χ1v) is 12.8. The average molecular weight is 521 g/mol. The monoisotopic (exact) mass is 520 g/mol. The van der Waals surface area contributed by atoms with Crippen LogP contribution in [0.2, 0.25) is 10.0 Å². The summed E-state index contributed by atoms with van der Waals surface area (Å²) in [6.45, 7) is 2.31. The number of halogens is 2. The molecular formula is C22H18Cl2N4O3S2. The number of nitrogens with one attached hydrogen (secondary N) is 2. The number of rotatable bonds is 7. The summed E-state index contributed by atoms with van der Waals surface area (Å²) in [6, 6.07) is 13.5. The largest absolute Gasteiger partial charge is 0.351 e. The molecule has 2 heterocycles. The van der Waals surface area contributed by atoms with Gasteiger partial charge in [-0.3, -0.25) is 9.52 Å². The Morgan fingerprint density at radius 3 is 2.58 bits per heavy atom. The van der Waals surface area contributed by atoms with E-state index in [9.17, 15) is 13.2 Å². The molecule has 4 rings (SSSR count). The highest BCUT2D eigenvalue weighted by Crippen LogP contribution is 2.28. The zero-order valence-electron chi connectivity index (χ0n) is 17.2. The van der Waals surface area contributed by atoms with E-state index in [0.717, 1.165) is 5.56 Å². The maximum atomic E-state index is 13.1. The van der Waals surface area contributed by atoms with Gasteiger partial charge in [-0.05, 0) is 59.4 Å². The Balaban J connectivity index is 1.56. The van der Waals surface area contributed by atoms with Crippen LogP contribution in [0.25, 0.3) is 10.1 Å². The van der Waals surface area contributed by atoms with Crippen LogP contribution >= 0.6 is 34.7 Å². The van der Waals surface area contributed by atoms with E-state index >= 15 is 0 Å². The van der Waals surface area contributed by atoms with Crippen LogP contribution in [0.5, 0.6) is 0 Å². The Morgan fingerprint density at radius 1 is 1.09 bits per heavy atom. The molecule has 1 atom stereocenters. The normalized spacial score (nSPS) is 12.5. The first-order chi connectivity index (χ1) is 15.7. The van der Waals surface area contributed by atoms with Gasteiger partial charge in [0.2, 0.25) is 0 Å². The highest BCUT2D eigenvalue weighted by atomic mass is 35.5. The van der Waals surface area contributed by atoms with Gasteiger partial charge < -0.3 is 5.32 Å². The molecule has 0 fully saturated rings. The van der Waals surface area contributed by atoms with Gasteiger partial charge in [-0.25, -0.2) is 4.98 Å². The number of hydrogen-bond acceptors (Lipinski definition) is 6. The highest BCUT2D eigenvalue weighted by Gasteiger charge is 2.23. The van der Waals surface area contributed by atoms with Crippen molar-refractivity contribution in [3.05, 3.63) is 82.1 Å². The summed E-state index contributed by atoms with van der Waals surface area (Å²) in [6.07, 6.45) is 2.85. The van der Waals surface area contributed by atoms with Crippen LogP contribution in [-0.2, 0) is 10.0 Å². The van der Waals surface area contributed by atoms with Gasteiger partial charge in [0, 0.05) is 22.8 Å². The number of amides is 1. The third kappa shape index (κ3) is 5.27. The van der Waals surface area contributed by atoms with E-state index in [-0.39, 0.29) is 27.2 Å². The molecule has 0 aliphatic heterocycles. The van der Waals surface area contributed by atoms with Crippen molar-refractivity contribution in [3.8, 4) is 0 Å². The predicted octanol–water partition coefficient (Wildman–Crippen LogP) is 5.33. The quantitative estimate of drug-likeness (QED) is 0.342. The fourth-order valence-electron chi connectivity index (χ4n) is 3.23. The van der Waals surface area contributed by atoms with Crippen LogP contribution < -0.4 is 10.0 Å². The fraction of sp³-hybridized carbons (Fsp3) is 0.136.